The van der Waals surface area contributed by atoms with Crippen LogP contribution in [0, 0.1) is 0 Å². The van der Waals surface area contributed by atoms with E-state index >= 15 is 0 Å². The number of esters is 1. The number of aromatic nitrogens is 2. The van der Waals surface area contributed by atoms with E-state index in [0.717, 1.165) is 31.0 Å². The van der Waals surface area contributed by atoms with Crippen LogP contribution in [0.5, 0.6) is 0 Å². The van der Waals surface area contributed by atoms with Crippen molar-refractivity contribution in [2.45, 2.75) is 28.3 Å². The van der Waals surface area contributed by atoms with E-state index < -0.39 is 5.97 Å². The Morgan fingerprint density at radius 3 is 2.73 bits per heavy atom. The van der Waals surface area contributed by atoms with Crippen molar-refractivity contribution >= 4 is 51.8 Å². The third-order valence-corrected chi connectivity index (χ3v) is 6.78. The zero-order chi connectivity index (χ0) is 18.5. The molecule has 0 fully saturated rings. The van der Waals surface area contributed by atoms with Crippen molar-refractivity contribution in [1.82, 2.24) is 10.2 Å². The van der Waals surface area contributed by atoms with Gasteiger partial charge >= 0.3 is 5.97 Å². The summed E-state index contributed by atoms with van der Waals surface area (Å²) >= 11 is 4.71. The van der Waals surface area contributed by atoms with Crippen molar-refractivity contribution < 1.29 is 13.9 Å². The van der Waals surface area contributed by atoms with Crippen LogP contribution in [0.1, 0.15) is 30.0 Å². The molecule has 0 radical (unpaired) electrons. The maximum atomic E-state index is 12.2. The van der Waals surface area contributed by atoms with Crippen LogP contribution in [0.2, 0.25) is 0 Å². The van der Waals surface area contributed by atoms with E-state index in [2.05, 4.69) is 16.8 Å². The van der Waals surface area contributed by atoms with Gasteiger partial charge in [-0.15, -0.1) is 10.2 Å². The lowest BCUT2D eigenvalue weighted by Crippen LogP contribution is -2.05. The molecule has 8 heteroatoms. The number of para-hydroxylation sites is 1. The number of benzene rings is 1. The highest BCUT2D eigenvalue weighted by Gasteiger charge is 2.22. The number of hydrogen-bond donors (Lipinski definition) is 0. The van der Waals surface area contributed by atoms with Gasteiger partial charge < -0.3 is 9.15 Å². The molecule has 2 heterocycles. The SMILES string of the molecule is C=C(C)CSc1nnc(SCc2c(C(=O)OCC)oc3ccccc23)s1. The average Bonchev–Trinajstić information content (AvgIpc) is 3.22. The molecule has 0 saturated heterocycles. The Morgan fingerprint density at radius 2 is 2.00 bits per heavy atom. The first-order valence-corrected chi connectivity index (χ1v) is 10.8. The molecule has 1 aromatic carbocycles. The lowest BCUT2D eigenvalue weighted by Gasteiger charge is -2.01. The van der Waals surface area contributed by atoms with E-state index in [1.807, 2.05) is 31.2 Å². The molecule has 0 aliphatic rings. The van der Waals surface area contributed by atoms with Gasteiger partial charge in [-0.05, 0) is 19.9 Å². The topological polar surface area (TPSA) is 65.2 Å². The maximum Gasteiger partial charge on any atom is 0.374 e. The Kier molecular flexibility index (Phi) is 6.39. The molecule has 0 N–H and O–H groups in total. The minimum Gasteiger partial charge on any atom is -0.460 e. The van der Waals surface area contributed by atoms with Gasteiger partial charge in [0.1, 0.15) is 5.58 Å². The molecule has 3 rings (SSSR count). The van der Waals surface area contributed by atoms with Gasteiger partial charge in [-0.2, -0.15) is 0 Å². The Bertz CT molecular complexity index is 933. The summed E-state index contributed by atoms with van der Waals surface area (Å²) in [6.45, 7) is 7.97. The van der Waals surface area contributed by atoms with E-state index in [4.69, 9.17) is 9.15 Å². The fourth-order valence-electron chi connectivity index (χ4n) is 2.24. The molecule has 136 valence electrons. The zero-order valence-corrected chi connectivity index (χ0v) is 16.9. The molecular formula is C18H18N2O3S3. The molecule has 0 unspecified atom stereocenters. The number of rotatable bonds is 8. The molecule has 0 bridgehead atoms. The molecule has 0 atom stereocenters. The zero-order valence-electron chi connectivity index (χ0n) is 14.5. The van der Waals surface area contributed by atoms with E-state index in [9.17, 15) is 4.79 Å². The summed E-state index contributed by atoms with van der Waals surface area (Å²) < 4.78 is 12.6. The second kappa shape index (κ2) is 8.75. The Balaban J connectivity index is 1.78. The summed E-state index contributed by atoms with van der Waals surface area (Å²) in [5.41, 5.74) is 2.61. The van der Waals surface area contributed by atoms with Crippen LogP contribution in [0.3, 0.4) is 0 Å². The van der Waals surface area contributed by atoms with Gasteiger partial charge in [-0.3, -0.25) is 0 Å². The second-order valence-electron chi connectivity index (χ2n) is 5.49. The van der Waals surface area contributed by atoms with Crippen molar-refractivity contribution in [2.75, 3.05) is 12.4 Å². The van der Waals surface area contributed by atoms with Crippen LogP contribution in [0.4, 0.5) is 0 Å². The van der Waals surface area contributed by atoms with Crippen molar-refractivity contribution in [2.24, 2.45) is 0 Å². The highest BCUT2D eigenvalue weighted by atomic mass is 32.2. The number of carbonyl (C=O) groups is 1. The highest BCUT2D eigenvalue weighted by Crippen LogP contribution is 2.35. The van der Waals surface area contributed by atoms with Gasteiger partial charge in [0.2, 0.25) is 5.76 Å². The smallest absolute Gasteiger partial charge is 0.374 e. The third kappa shape index (κ3) is 4.49. The van der Waals surface area contributed by atoms with Crippen LogP contribution in [0.25, 0.3) is 11.0 Å². The quantitative estimate of drug-likeness (QED) is 0.281. The van der Waals surface area contributed by atoms with Crippen LogP contribution < -0.4 is 0 Å². The van der Waals surface area contributed by atoms with Crippen LogP contribution in [0.15, 0.2) is 49.5 Å². The lowest BCUT2D eigenvalue weighted by atomic mass is 10.1. The summed E-state index contributed by atoms with van der Waals surface area (Å²) in [4.78, 5) is 12.2. The number of thioether (sulfide) groups is 2. The van der Waals surface area contributed by atoms with Crippen LogP contribution >= 0.6 is 34.9 Å². The molecule has 5 nitrogen and oxygen atoms in total. The van der Waals surface area contributed by atoms with Gasteiger partial charge in [0.05, 0.1) is 6.61 Å². The summed E-state index contributed by atoms with van der Waals surface area (Å²) in [5, 5.41) is 9.33. The molecule has 0 saturated carbocycles. The van der Waals surface area contributed by atoms with Crippen molar-refractivity contribution in [3.8, 4) is 0 Å². The largest absolute Gasteiger partial charge is 0.460 e. The predicted octanol–water partition coefficient (Wildman–Crippen LogP) is 5.42. The third-order valence-electron chi connectivity index (χ3n) is 3.33. The summed E-state index contributed by atoms with van der Waals surface area (Å²) in [6, 6.07) is 7.61. The second-order valence-corrected chi connectivity index (χ2v) is 8.92. The van der Waals surface area contributed by atoms with Gasteiger partial charge in [-0.1, -0.05) is 65.2 Å². The Morgan fingerprint density at radius 1 is 1.27 bits per heavy atom. The molecular weight excluding hydrogens is 388 g/mol. The maximum absolute atomic E-state index is 12.2. The minimum atomic E-state index is -0.436. The average molecular weight is 407 g/mol. The standard InChI is InChI=1S/C18H18N2O3S3/c1-4-22-16(21)15-13(12-7-5-6-8-14(12)23-15)10-25-18-20-19-17(26-18)24-9-11(2)3/h5-8H,2,4,9-10H2,1,3H3. The summed E-state index contributed by atoms with van der Waals surface area (Å²) in [6.07, 6.45) is 0. The first-order valence-electron chi connectivity index (χ1n) is 7.99. The number of furan rings is 1. The normalized spacial score (nSPS) is 11.0. The molecule has 0 amide bonds. The van der Waals surface area contributed by atoms with E-state index in [0.29, 0.717) is 17.9 Å². The monoisotopic (exact) mass is 406 g/mol. The first-order chi connectivity index (χ1) is 12.6. The van der Waals surface area contributed by atoms with Crippen molar-refractivity contribution in [3.05, 3.63) is 47.7 Å². The van der Waals surface area contributed by atoms with Gasteiger partial charge in [0.15, 0.2) is 8.68 Å². The predicted molar refractivity (Wildman–Crippen MR) is 107 cm³/mol. The minimum absolute atomic E-state index is 0.266. The summed E-state index contributed by atoms with van der Waals surface area (Å²) in [7, 11) is 0. The lowest BCUT2D eigenvalue weighted by molar-refractivity contribution is 0.0491. The molecule has 0 aliphatic carbocycles. The van der Waals surface area contributed by atoms with Gasteiger partial charge in [0.25, 0.3) is 0 Å². The molecule has 3 aromatic rings. The molecule has 0 spiro atoms. The highest BCUT2D eigenvalue weighted by molar-refractivity contribution is 8.03. The fraction of sp³-hybridized carbons (Fsp3) is 0.278. The molecule has 2 aromatic heterocycles. The number of ether oxygens (including phenoxy) is 1. The molecule has 26 heavy (non-hydrogen) atoms. The van der Waals surface area contributed by atoms with Gasteiger partial charge in [-0.25, -0.2) is 4.79 Å². The van der Waals surface area contributed by atoms with E-state index in [1.54, 1.807) is 30.0 Å². The van der Waals surface area contributed by atoms with Crippen molar-refractivity contribution in [3.63, 3.8) is 0 Å². The number of hydrogen-bond acceptors (Lipinski definition) is 8. The number of fused-ring (bicyclic) bond motifs is 1. The van der Waals surface area contributed by atoms with E-state index in [1.165, 1.54) is 11.8 Å². The Labute approximate surface area is 164 Å². The number of nitrogens with zero attached hydrogens (tertiary/aromatic N) is 2. The summed E-state index contributed by atoms with van der Waals surface area (Å²) in [5.74, 6) is 1.22. The fourth-order valence-corrected chi connectivity index (χ4v) is 5.13. The van der Waals surface area contributed by atoms with Crippen LogP contribution in [-0.4, -0.2) is 28.5 Å². The molecule has 0 aliphatic heterocycles. The van der Waals surface area contributed by atoms with E-state index in [-0.39, 0.29) is 5.76 Å². The first kappa shape index (κ1) is 19.0. The Hall–Kier alpha value is -1.77. The van der Waals surface area contributed by atoms with Gasteiger partial charge in [0, 0.05) is 22.5 Å². The van der Waals surface area contributed by atoms with Crippen molar-refractivity contribution in [1.29, 1.82) is 0 Å². The number of carbonyl (C=O) groups excluding carboxylic acids is 1. The van der Waals surface area contributed by atoms with Crippen LogP contribution in [-0.2, 0) is 10.5 Å².